The molecule has 0 aliphatic carbocycles. The summed E-state index contributed by atoms with van der Waals surface area (Å²) < 4.78 is 23.3. The molecule has 0 aromatic heterocycles. The summed E-state index contributed by atoms with van der Waals surface area (Å²) in [5, 5.41) is 8.30. The fourth-order valence-corrected chi connectivity index (χ4v) is 1.69. The Morgan fingerprint density at radius 1 is 1.54 bits per heavy atom. The monoisotopic (exact) mass is 207 g/mol. The van der Waals surface area contributed by atoms with Gasteiger partial charge in [-0.15, -0.1) is 0 Å². The van der Waals surface area contributed by atoms with Gasteiger partial charge in [0.05, 0.1) is 0 Å². The van der Waals surface area contributed by atoms with Gasteiger partial charge in [-0.25, -0.2) is 12.7 Å². The van der Waals surface area contributed by atoms with Crippen LogP contribution in [0.15, 0.2) is 12.2 Å². The standard InChI is InChI=1S/C7H13NO4S/c1-6(2)4-8(3)13(11,12)5-7(9)10/h1,4-5H2,2-3H3,(H,9,10). The van der Waals surface area contributed by atoms with Gasteiger partial charge in [-0.3, -0.25) is 4.79 Å². The zero-order valence-corrected chi connectivity index (χ0v) is 8.47. The Bertz CT molecular complexity index is 306. The Morgan fingerprint density at radius 3 is 2.31 bits per heavy atom. The molecule has 0 saturated heterocycles. The predicted molar refractivity (Wildman–Crippen MR) is 48.9 cm³/mol. The van der Waals surface area contributed by atoms with Crippen LogP contribution in [0.3, 0.4) is 0 Å². The summed E-state index contributed by atoms with van der Waals surface area (Å²) in [6.07, 6.45) is 0. The number of aliphatic carboxylic acids is 1. The largest absolute Gasteiger partial charge is 0.480 e. The topological polar surface area (TPSA) is 74.7 Å². The zero-order valence-electron chi connectivity index (χ0n) is 7.65. The number of hydrogen-bond donors (Lipinski definition) is 1. The van der Waals surface area contributed by atoms with Gasteiger partial charge in [-0.1, -0.05) is 12.2 Å². The summed E-state index contributed by atoms with van der Waals surface area (Å²) in [5.41, 5.74) is 0.663. The third-order valence-electron chi connectivity index (χ3n) is 1.27. The van der Waals surface area contributed by atoms with E-state index in [0.29, 0.717) is 5.57 Å². The number of nitrogens with zero attached hydrogens (tertiary/aromatic N) is 1. The van der Waals surface area contributed by atoms with Gasteiger partial charge in [0.1, 0.15) is 0 Å². The van der Waals surface area contributed by atoms with Gasteiger partial charge in [0, 0.05) is 13.6 Å². The van der Waals surface area contributed by atoms with E-state index in [1.54, 1.807) is 6.92 Å². The average molecular weight is 207 g/mol. The minimum atomic E-state index is -3.68. The van der Waals surface area contributed by atoms with Crippen LogP contribution in [0, 0.1) is 0 Å². The summed E-state index contributed by atoms with van der Waals surface area (Å²) in [4.78, 5) is 10.2. The molecule has 0 unspecified atom stereocenters. The molecule has 0 heterocycles. The van der Waals surface area contributed by atoms with Crippen molar-refractivity contribution in [1.29, 1.82) is 0 Å². The van der Waals surface area contributed by atoms with Gasteiger partial charge >= 0.3 is 5.97 Å². The second-order valence-corrected chi connectivity index (χ2v) is 4.94. The number of likely N-dealkylation sites (N-methyl/N-ethyl adjacent to an activating group) is 1. The van der Waals surface area contributed by atoms with Crippen LogP contribution in [-0.4, -0.2) is 43.1 Å². The van der Waals surface area contributed by atoms with Gasteiger partial charge in [-0.2, -0.15) is 0 Å². The molecule has 0 bridgehead atoms. The normalized spacial score (nSPS) is 11.6. The molecule has 0 aliphatic rings. The van der Waals surface area contributed by atoms with Crippen LogP contribution in [0.4, 0.5) is 0 Å². The molecule has 0 rings (SSSR count). The highest BCUT2D eigenvalue weighted by molar-refractivity contribution is 7.89. The van der Waals surface area contributed by atoms with Crippen LogP contribution in [0.5, 0.6) is 0 Å². The van der Waals surface area contributed by atoms with E-state index < -0.39 is 21.7 Å². The van der Waals surface area contributed by atoms with Crippen molar-refractivity contribution in [2.75, 3.05) is 19.3 Å². The smallest absolute Gasteiger partial charge is 0.320 e. The Balaban J connectivity index is 4.46. The van der Waals surface area contributed by atoms with Crippen molar-refractivity contribution < 1.29 is 18.3 Å². The second-order valence-electron chi connectivity index (χ2n) is 2.86. The fraction of sp³-hybridized carbons (Fsp3) is 0.571. The van der Waals surface area contributed by atoms with Gasteiger partial charge in [-0.05, 0) is 6.92 Å². The molecule has 0 atom stereocenters. The Labute approximate surface area is 77.7 Å². The molecule has 0 aromatic rings. The number of carbonyl (C=O) groups is 1. The maximum atomic E-state index is 11.2. The lowest BCUT2D eigenvalue weighted by molar-refractivity contribution is -0.134. The van der Waals surface area contributed by atoms with Crippen molar-refractivity contribution in [3.8, 4) is 0 Å². The Morgan fingerprint density at radius 2 is 2.00 bits per heavy atom. The highest BCUT2D eigenvalue weighted by Crippen LogP contribution is 2.01. The van der Waals surface area contributed by atoms with Gasteiger partial charge < -0.3 is 5.11 Å². The Hall–Kier alpha value is -0.880. The summed E-state index contributed by atoms with van der Waals surface area (Å²) in [6.45, 7) is 5.36. The van der Waals surface area contributed by atoms with Crippen molar-refractivity contribution in [3.63, 3.8) is 0 Å². The molecule has 5 nitrogen and oxygen atoms in total. The minimum absolute atomic E-state index is 0.148. The van der Waals surface area contributed by atoms with Gasteiger partial charge in [0.15, 0.2) is 5.75 Å². The van der Waals surface area contributed by atoms with Crippen LogP contribution in [0.25, 0.3) is 0 Å². The van der Waals surface area contributed by atoms with E-state index in [1.807, 2.05) is 0 Å². The highest BCUT2D eigenvalue weighted by atomic mass is 32.2. The fourth-order valence-electron chi connectivity index (χ4n) is 0.745. The number of hydrogen-bond acceptors (Lipinski definition) is 3. The molecular weight excluding hydrogens is 194 g/mol. The Kier molecular flexibility index (Phi) is 4.09. The lowest BCUT2D eigenvalue weighted by atomic mass is 10.4. The minimum Gasteiger partial charge on any atom is -0.480 e. The van der Waals surface area contributed by atoms with Crippen LogP contribution in [0.1, 0.15) is 6.92 Å². The summed E-state index contributed by atoms with van der Waals surface area (Å²) >= 11 is 0. The first-order valence-electron chi connectivity index (χ1n) is 3.56. The molecule has 13 heavy (non-hydrogen) atoms. The van der Waals surface area contributed by atoms with E-state index in [0.717, 1.165) is 4.31 Å². The van der Waals surface area contributed by atoms with Crippen molar-refractivity contribution in [2.45, 2.75) is 6.92 Å². The second kappa shape index (κ2) is 4.38. The van der Waals surface area contributed by atoms with Crippen LogP contribution in [-0.2, 0) is 14.8 Å². The molecular formula is C7H13NO4S. The van der Waals surface area contributed by atoms with E-state index in [4.69, 9.17) is 5.11 Å². The van der Waals surface area contributed by atoms with E-state index >= 15 is 0 Å². The number of sulfonamides is 1. The van der Waals surface area contributed by atoms with Crippen molar-refractivity contribution in [1.82, 2.24) is 4.31 Å². The van der Waals surface area contributed by atoms with E-state index in [2.05, 4.69) is 6.58 Å². The molecule has 6 heteroatoms. The summed E-state index contributed by atoms with van der Waals surface area (Å²) in [6, 6.07) is 0. The summed E-state index contributed by atoms with van der Waals surface area (Å²) in [7, 11) is -2.36. The first-order chi connectivity index (χ1) is 5.75. The maximum absolute atomic E-state index is 11.2. The van der Waals surface area contributed by atoms with Gasteiger partial charge in [0.25, 0.3) is 0 Å². The molecule has 0 aliphatic heterocycles. The molecule has 0 aromatic carbocycles. The predicted octanol–water partition coefficient (Wildman–Crippen LogP) is -0.0913. The van der Waals surface area contributed by atoms with E-state index in [-0.39, 0.29) is 6.54 Å². The van der Waals surface area contributed by atoms with Crippen molar-refractivity contribution >= 4 is 16.0 Å². The van der Waals surface area contributed by atoms with E-state index in [9.17, 15) is 13.2 Å². The molecule has 1 N–H and O–H groups in total. The lowest BCUT2D eigenvalue weighted by Gasteiger charge is -2.15. The van der Waals surface area contributed by atoms with Crippen LogP contribution >= 0.6 is 0 Å². The number of carboxylic acids is 1. The maximum Gasteiger partial charge on any atom is 0.320 e. The number of rotatable bonds is 5. The number of carboxylic acid groups (broad SMARTS) is 1. The van der Waals surface area contributed by atoms with Crippen LogP contribution in [0.2, 0.25) is 0 Å². The average Bonchev–Trinajstić information content (AvgIpc) is 1.81. The third kappa shape index (κ3) is 4.64. The first-order valence-corrected chi connectivity index (χ1v) is 5.17. The SMILES string of the molecule is C=C(C)CN(C)S(=O)(=O)CC(=O)O. The van der Waals surface area contributed by atoms with Crippen LogP contribution < -0.4 is 0 Å². The zero-order chi connectivity index (χ0) is 10.6. The quantitative estimate of drug-likeness (QED) is 0.639. The molecule has 0 fully saturated rings. The van der Waals surface area contributed by atoms with E-state index in [1.165, 1.54) is 7.05 Å². The van der Waals surface area contributed by atoms with Gasteiger partial charge in [0.2, 0.25) is 10.0 Å². The lowest BCUT2D eigenvalue weighted by Crippen LogP contribution is -2.33. The molecule has 0 spiro atoms. The van der Waals surface area contributed by atoms with Crippen molar-refractivity contribution in [2.24, 2.45) is 0 Å². The van der Waals surface area contributed by atoms with Crippen molar-refractivity contribution in [3.05, 3.63) is 12.2 Å². The molecule has 0 amide bonds. The highest BCUT2D eigenvalue weighted by Gasteiger charge is 2.21. The molecule has 0 saturated carbocycles. The third-order valence-corrected chi connectivity index (χ3v) is 2.96. The molecule has 0 radical (unpaired) electrons. The first kappa shape index (κ1) is 12.1. The molecule has 76 valence electrons. The summed E-state index contributed by atoms with van der Waals surface area (Å²) in [5.74, 6) is -2.23.